The van der Waals surface area contributed by atoms with Gasteiger partial charge in [-0.1, -0.05) is 32.6 Å². The Bertz CT molecular complexity index is 280. The van der Waals surface area contributed by atoms with E-state index in [9.17, 15) is 4.79 Å². The lowest BCUT2D eigenvalue weighted by atomic mass is 9.94. The Kier molecular flexibility index (Phi) is 5.04. The monoisotopic (exact) mass is 252 g/mol. The minimum Gasteiger partial charge on any atom is -0.356 e. The van der Waals surface area contributed by atoms with Gasteiger partial charge < -0.3 is 11.1 Å². The lowest BCUT2D eigenvalue weighted by Gasteiger charge is -2.21. The van der Waals surface area contributed by atoms with Crippen LogP contribution in [0.15, 0.2) is 0 Å². The maximum absolute atomic E-state index is 12.2. The van der Waals surface area contributed by atoms with Gasteiger partial charge in [-0.15, -0.1) is 0 Å². The number of carbonyl (C=O) groups is 1. The van der Waals surface area contributed by atoms with E-state index in [1.165, 1.54) is 32.1 Å². The summed E-state index contributed by atoms with van der Waals surface area (Å²) >= 11 is 0. The van der Waals surface area contributed by atoms with E-state index in [0.29, 0.717) is 5.92 Å². The molecule has 2 fully saturated rings. The first kappa shape index (κ1) is 13.9. The Morgan fingerprint density at radius 2 is 1.94 bits per heavy atom. The van der Waals surface area contributed by atoms with Crippen LogP contribution in [0, 0.1) is 17.8 Å². The molecule has 0 aromatic heterocycles. The lowest BCUT2D eigenvalue weighted by molar-refractivity contribution is -0.126. The van der Waals surface area contributed by atoms with Crippen molar-refractivity contribution in [2.75, 3.05) is 6.54 Å². The molecular weight excluding hydrogens is 224 g/mol. The summed E-state index contributed by atoms with van der Waals surface area (Å²) in [5.41, 5.74) is 6.12. The summed E-state index contributed by atoms with van der Waals surface area (Å²) < 4.78 is 0. The van der Waals surface area contributed by atoms with E-state index in [1.807, 2.05) is 0 Å². The van der Waals surface area contributed by atoms with Gasteiger partial charge in [-0.25, -0.2) is 0 Å². The molecule has 104 valence electrons. The highest BCUT2D eigenvalue weighted by Gasteiger charge is 2.28. The zero-order valence-electron chi connectivity index (χ0n) is 11.7. The molecule has 0 aromatic rings. The van der Waals surface area contributed by atoms with Gasteiger partial charge in [0.15, 0.2) is 0 Å². The quantitative estimate of drug-likeness (QED) is 0.758. The molecule has 0 radical (unpaired) electrons. The van der Waals surface area contributed by atoms with Crippen molar-refractivity contribution in [3.05, 3.63) is 0 Å². The molecule has 0 bridgehead atoms. The molecule has 0 saturated heterocycles. The van der Waals surface area contributed by atoms with Gasteiger partial charge in [0.05, 0.1) is 5.92 Å². The van der Waals surface area contributed by atoms with Crippen LogP contribution in [0.5, 0.6) is 0 Å². The predicted octanol–water partition coefficient (Wildman–Crippen LogP) is 2.45. The van der Waals surface area contributed by atoms with Crippen molar-refractivity contribution in [1.29, 1.82) is 0 Å². The maximum Gasteiger partial charge on any atom is 0.224 e. The fourth-order valence-corrected chi connectivity index (χ4v) is 3.55. The minimum atomic E-state index is 0.0614. The highest BCUT2D eigenvalue weighted by molar-refractivity contribution is 5.79. The van der Waals surface area contributed by atoms with E-state index in [4.69, 9.17) is 5.73 Å². The van der Waals surface area contributed by atoms with Crippen molar-refractivity contribution in [2.45, 2.75) is 64.3 Å². The molecule has 2 rings (SSSR count). The van der Waals surface area contributed by atoms with E-state index in [2.05, 4.69) is 12.2 Å². The summed E-state index contributed by atoms with van der Waals surface area (Å²) in [5.74, 6) is 1.81. The van der Waals surface area contributed by atoms with Crippen LogP contribution in [-0.2, 0) is 4.79 Å². The first-order valence-electron chi connectivity index (χ1n) is 7.70. The Hall–Kier alpha value is -0.570. The van der Waals surface area contributed by atoms with Crippen LogP contribution in [0.25, 0.3) is 0 Å². The molecular formula is C15H28N2O. The summed E-state index contributed by atoms with van der Waals surface area (Å²) in [5, 5.41) is 3.15. The van der Waals surface area contributed by atoms with Crippen molar-refractivity contribution in [2.24, 2.45) is 23.5 Å². The van der Waals surface area contributed by atoms with Gasteiger partial charge in [-0.3, -0.25) is 4.79 Å². The Balaban J connectivity index is 1.76. The fourth-order valence-electron chi connectivity index (χ4n) is 3.55. The summed E-state index contributed by atoms with van der Waals surface area (Å²) in [6.07, 6.45) is 9.44. The normalized spacial score (nSPS) is 37.2. The zero-order chi connectivity index (χ0) is 13.0. The predicted molar refractivity (Wildman–Crippen MR) is 74.1 cm³/mol. The second-order valence-corrected chi connectivity index (χ2v) is 6.44. The summed E-state index contributed by atoms with van der Waals surface area (Å²) in [4.78, 5) is 12.2. The Morgan fingerprint density at radius 1 is 1.17 bits per heavy atom. The van der Waals surface area contributed by atoms with Crippen LogP contribution in [0.3, 0.4) is 0 Å². The first-order chi connectivity index (χ1) is 8.66. The third-order valence-electron chi connectivity index (χ3n) is 4.77. The minimum absolute atomic E-state index is 0.0614. The number of amides is 1. The second-order valence-electron chi connectivity index (χ2n) is 6.44. The summed E-state index contributed by atoms with van der Waals surface area (Å²) in [6.45, 7) is 3.18. The number of carbonyl (C=O) groups excluding carboxylic acids is 1. The second kappa shape index (κ2) is 6.55. The molecule has 3 N–H and O–H groups in total. The molecule has 1 amide bonds. The van der Waals surface area contributed by atoms with Crippen LogP contribution in [0.1, 0.15) is 58.3 Å². The average Bonchev–Trinajstić information content (AvgIpc) is 2.64. The van der Waals surface area contributed by atoms with Crippen molar-refractivity contribution in [3.8, 4) is 0 Å². The molecule has 2 aliphatic carbocycles. The number of hydrogen-bond donors (Lipinski definition) is 2. The highest BCUT2D eigenvalue weighted by atomic mass is 16.1. The van der Waals surface area contributed by atoms with Crippen LogP contribution < -0.4 is 11.1 Å². The molecule has 3 nitrogen and oxygen atoms in total. The van der Waals surface area contributed by atoms with Gasteiger partial charge in [0, 0.05) is 12.6 Å². The third kappa shape index (κ3) is 3.71. The van der Waals surface area contributed by atoms with Gasteiger partial charge in [-0.2, -0.15) is 0 Å². The largest absolute Gasteiger partial charge is 0.356 e. The average molecular weight is 252 g/mol. The van der Waals surface area contributed by atoms with E-state index >= 15 is 0 Å². The van der Waals surface area contributed by atoms with Gasteiger partial charge in [0.1, 0.15) is 0 Å². The highest BCUT2D eigenvalue weighted by Crippen LogP contribution is 2.30. The van der Waals surface area contributed by atoms with Gasteiger partial charge in [0.25, 0.3) is 0 Å². The maximum atomic E-state index is 12.2. The molecule has 3 heteroatoms. The van der Waals surface area contributed by atoms with Crippen LogP contribution in [0.4, 0.5) is 0 Å². The number of nitrogens with two attached hydrogens (primary N) is 1. The zero-order valence-corrected chi connectivity index (χ0v) is 11.7. The number of rotatable bonds is 3. The van der Waals surface area contributed by atoms with Crippen LogP contribution in [-0.4, -0.2) is 18.5 Å². The van der Waals surface area contributed by atoms with Crippen molar-refractivity contribution in [3.63, 3.8) is 0 Å². The van der Waals surface area contributed by atoms with E-state index in [-0.39, 0.29) is 17.9 Å². The molecule has 0 heterocycles. The topological polar surface area (TPSA) is 55.1 Å². The van der Waals surface area contributed by atoms with E-state index < -0.39 is 0 Å². The fraction of sp³-hybridized carbons (Fsp3) is 0.933. The van der Waals surface area contributed by atoms with Crippen LogP contribution >= 0.6 is 0 Å². The van der Waals surface area contributed by atoms with E-state index in [1.54, 1.807) is 0 Å². The molecule has 2 saturated carbocycles. The Labute approximate surface area is 111 Å². The molecule has 4 unspecified atom stereocenters. The van der Waals surface area contributed by atoms with E-state index in [0.717, 1.165) is 31.7 Å². The van der Waals surface area contributed by atoms with Crippen LogP contribution in [0.2, 0.25) is 0 Å². The van der Waals surface area contributed by atoms with Gasteiger partial charge >= 0.3 is 0 Å². The summed E-state index contributed by atoms with van der Waals surface area (Å²) in [6, 6.07) is 0.0787. The van der Waals surface area contributed by atoms with Crippen molar-refractivity contribution in [1.82, 2.24) is 5.32 Å². The van der Waals surface area contributed by atoms with Crippen molar-refractivity contribution < 1.29 is 4.79 Å². The molecule has 0 spiro atoms. The number of hydrogen-bond acceptors (Lipinski definition) is 2. The molecule has 0 aliphatic heterocycles. The van der Waals surface area contributed by atoms with Gasteiger partial charge in [-0.05, 0) is 37.5 Å². The molecule has 0 aromatic carbocycles. The number of nitrogens with one attached hydrogen (secondary N) is 1. The third-order valence-corrected chi connectivity index (χ3v) is 4.77. The molecule has 4 atom stereocenters. The van der Waals surface area contributed by atoms with Crippen molar-refractivity contribution >= 4 is 5.91 Å². The molecule has 18 heavy (non-hydrogen) atoms. The first-order valence-corrected chi connectivity index (χ1v) is 7.70. The Morgan fingerprint density at radius 3 is 2.67 bits per heavy atom. The SMILES string of the molecule is CC1CCC(CNC(=O)C2CCCCCC2N)C1. The van der Waals surface area contributed by atoms with Gasteiger partial charge in [0.2, 0.25) is 5.91 Å². The smallest absolute Gasteiger partial charge is 0.224 e. The summed E-state index contributed by atoms with van der Waals surface area (Å²) in [7, 11) is 0. The lowest BCUT2D eigenvalue weighted by Crippen LogP contribution is -2.42. The standard InChI is InChI=1S/C15H28N2O/c1-11-7-8-12(9-11)10-17-15(18)13-5-3-2-4-6-14(13)16/h11-14H,2-10,16H2,1H3,(H,17,18). The molecule has 2 aliphatic rings.